The van der Waals surface area contributed by atoms with Gasteiger partial charge < -0.3 is 4.74 Å². The number of ether oxygens (including phenoxy) is 1. The van der Waals surface area contributed by atoms with E-state index < -0.39 is 0 Å². The van der Waals surface area contributed by atoms with Crippen LogP contribution in [0.2, 0.25) is 0 Å². The molecule has 0 heterocycles. The van der Waals surface area contributed by atoms with Crippen molar-refractivity contribution in [2.45, 2.75) is 51.9 Å². The Labute approximate surface area is 140 Å². The fraction of sp³-hybridized carbons (Fsp3) is 0.476. The van der Waals surface area contributed by atoms with Gasteiger partial charge in [0.1, 0.15) is 5.75 Å². The minimum absolute atomic E-state index is 0.127. The van der Waals surface area contributed by atoms with E-state index in [9.17, 15) is 4.79 Å². The summed E-state index contributed by atoms with van der Waals surface area (Å²) >= 11 is 0. The van der Waals surface area contributed by atoms with E-state index in [1.165, 1.54) is 19.3 Å². The number of rotatable bonds is 9. The molecule has 0 amide bonds. The third-order valence-electron chi connectivity index (χ3n) is 4.42. The van der Waals surface area contributed by atoms with Crippen LogP contribution in [0.25, 0.3) is 5.57 Å². The third-order valence-corrected chi connectivity index (χ3v) is 4.42. The average molecular weight is 312 g/mol. The second kappa shape index (κ2) is 9.34. The first-order valence-corrected chi connectivity index (χ1v) is 8.83. The summed E-state index contributed by atoms with van der Waals surface area (Å²) in [7, 11) is 0. The fourth-order valence-corrected chi connectivity index (χ4v) is 2.98. The zero-order valence-electron chi connectivity index (χ0n) is 14.2. The Bertz CT molecular complexity index is 539. The maximum Gasteiger partial charge on any atom is 0.159 e. The quantitative estimate of drug-likeness (QED) is 0.439. The van der Waals surface area contributed by atoms with Crippen LogP contribution in [0.5, 0.6) is 5.75 Å². The number of benzene rings is 1. The molecule has 23 heavy (non-hydrogen) atoms. The molecule has 0 saturated heterocycles. The number of unbranched alkanes of at least 4 members (excludes halogenated alkanes) is 3. The lowest BCUT2D eigenvalue weighted by atomic mass is 9.84. The Morgan fingerprint density at radius 3 is 2.65 bits per heavy atom. The summed E-state index contributed by atoms with van der Waals surface area (Å²) in [6.07, 6.45) is 11.2. The summed E-state index contributed by atoms with van der Waals surface area (Å²) in [6, 6.07) is 8.15. The first-order valence-electron chi connectivity index (χ1n) is 8.83. The maximum absolute atomic E-state index is 12.1. The highest BCUT2D eigenvalue weighted by Gasteiger charge is 2.21. The second-order valence-electron chi connectivity index (χ2n) is 6.27. The normalized spacial score (nSPS) is 17.7. The molecule has 1 aliphatic rings. The van der Waals surface area contributed by atoms with Gasteiger partial charge in [0.25, 0.3) is 0 Å². The van der Waals surface area contributed by atoms with E-state index in [1.807, 2.05) is 24.3 Å². The molecule has 1 atom stereocenters. The Morgan fingerprint density at radius 2 is 2.00 bits per heavy atom. The Morgan fingerprint density at radius 1 is 1.22 bits per heavy atom. The summed E-state index contributed by atoms with van der Waals surface area (Å²) in [5.41, 5.74) is 2.28. The van der Waals surface area contributed by atoms with Gasteiger partial charge in [0.2, 0.25) is 0 Å². The standard InChI is InChI=1S/C21H28O2/c1-3-5-6-7-15-23-20-13-11-17(12-14-20)19-10-9-18(8-4-2)21(22)16-19/h4,11-14,16,18H,2-3,5-10,15H2,1H3. The number of hydrogen-bond donors (Lipinski definition) is 0. The predicted molar refractivity (Wildman–Crippen MR) is 96.6 cm³/mol. The van der Waals surface area contributed by atoms with Gasteiger partial charge in [-0.25, -0.2) is 0 Å². The van der Waals surface area contributed by atoms with E-state index >= 15 is 0 Å². The highest BCUT2D eigenvalue weighted by molar-refractivity contribution is 6.00. The predicted octanol–water partition coefficient (Wildman–Crippen LogP) is 5.58. The summed E-state index contributed by atoms with van der Waals surface area (Å²) in [6.45, 7) is 6.72. The molecule has 1 aromatic rings. The van der Waals surface area contributed by atoms with E-state index in [4.69, 9.17) is 4.74 Å². The van der Waals surface area contributed by atoms with Crippen molar-refractivity contribution in [3.63, 3.8) is 0 Å². The molecule has 0 radical (unpaired) electrons. The Hall–Kier alpha value is -1.83. The van der Waals surface area contributed by atoms with E-state index in [1.54, 1.807) is 0 Å². The van der Waals surface area contributed by atoms with Crippen molar-refractivity contribution in [2.24, 2.45) is 5.92 Å². The van der Waals surface area contributed by atoms with E-state index in [2.05, 4.69) is 25.6 Å². The van der Waals surface area contributed by atoms with Crippen molar-refractivity contribution in [3.05, 3.63) is 48.6 Å². The fourth-order valence-electron chi connectivity index (χ4n) is 2.98. The monoisotopic (exact) mass is 312 g/mol. The van der Waals surface area contributed by atoms with E-state index in [0.29, 0.717) is 0 Å². The molecule has 0 fully saturated rings. The van der Waals surface area contributed by atoms with Crippen molar-refractivity contribution in [1.82, 2.24) is 0 Å². The maximum atomic E-state index is 12.1. The Kier molecular flexibility index (Phi) is 7.12. The lowest BCUT2D eigenvalue weighted by molar-refractivity contribution is -0.118. The number of carbonyl (C=O) groups excluding carboxylic acids is 1. The van der Waals surface area contributed by atoms with Gasteiger partial charge in [0, 0.05) is 5.92 Å². The number of ketones is 1. The summed E-state index contributed by atoms with van der Waals surface area (Å²) in [5.74, 6) is 1.28. The highest BCUT2D eigenvalue weighted by atomic mass is 16.5. The van der Waals surface area contributed by atoms with Crippen LogP contribution in [0, 0.1) is 5.92 Å². The zero-order valence-corrected chi connectivity index (χ0v) is 14.2. The molecule has 0 aliphatic heterocycles. The largest absolute Gasteiger partial charge is 0.494 e. The Balaban J connectivity index is 1.88. The highest BCUT2D eigenvalue weighted by Crippen LogP contribution is 2.30. The van der Waals surface area contributed by atoms with Gasteiger partial charge in [-0.2, -0.15) is 0 Å². The van der Waals surface area contributed by atoms with Crippen LogP contribution >= 0.6 is 0 Å². The van der Waals surface area contributed by atoms with Crippen molar-refractivity contribution < 1.29 is 9.53 Å². The van der Waals surface area contributed by atoms with Crippen LogP contribution in [0.1, 0.15) is 57.4 Å². The third kappa shape index (κ3) is 5.38. The first-order chi connectivity index (χ1) is 11.2. The molecule has 0 spiro atoms. The summed E-state index contributed by atoms with van der Waals surface area (Å²) in [5, 5.41) is 0. The molecular formula is C21H28O2. The molecule has 124 valence electrons. The molecule has 0 aromatic heterocycles. The van der Waals surface area contributed by atoms with Gasteiger partial charge in [0.15, 0.2) is 5.78 Å². The molecule has 1 unspecified atom stereocenters. The van der Waals surface area contributed by atoms with Crippen molar-refractivity contribution in [1.29, 1.82) is 0 Å². The lowest BCUT2D eigenvalue weighted by Gasteiger charge is -2.20. The van der Waals surface area contributed by atoms with Crippen LogP contribution in [0.15, 0.2) is 43.0 Å². The molecule has 0 N–H and O–H groups in total. The number of carbonyl (C=O) groups is 1. The van der Waals surface area contributed by atoms with Crippen LogP contribution < -0.4 is 4.74 Å². The van der Waals surface area contributed by atoms with Crippen molar-refractivity contribution in [2.75, 3.05) is 6.61 Å². The molecule has 2 rings (SSSR count). The van der Waals surface area contributed by atoms with E-state index in [-0.39, 0.29) is 11.7 Å². The van der Waals surface area contributed by atoms with Gasteiger partial charge in [0.05, 0.1) is 6.61 Å². The first kappa shape index (κ1) is 17.5. The number of allylic oxidation sites excluding steroid dienone is 3. The van der Waals surface area contributed by atoms with Crippen molar-refractivity contribution in [3.8, 4) is 5.75 Å². The number of hydrogen-bond acceptors (Lipinski definition) is 2. The van der Waals surface area contributed by atoms with Gasteiger partial charge >= 0.3 is 0 Å². The van der Waals surface area contributed by atoms with Gasteiger partial charge in [-0.3, -0.25) is 4.79 Å². The molecule has 2 heteroatoms. The summed E-state index contributed by atoms with van der Waals surface area (Å²) in [4.78, 5) is 12.1. The van der Waals surface area contributed by atoms with Crippen LogP contribution in [-0.4, -0.2) is 12.4 Å². The molecule has 1 aromatic carbocycles. The average Bonchev–Trinajstić information content (AvgIpc) is 2.57. The summed E-state index contributed by atoms with van der Waals surface area (Å²) < 4.78 is 5.77. The SMILES string of the molecule is C=CCC1CCC(c2ccc(OCCCCCC)cc2)=CC1=O. The lowest BCUT2D eigenvalue weighted by Crippen LogP contribution is -2.16. The molecule has 0 bridgehead atoms. The molecule has 1 aliphatic carbocycles. The second-order valence-corrected chi connectivity index (χ2v) is 6.27. The minimum Gasteiger partial charge on any atom is -0.494 e. The molecular weight excluding hydrogens is 284 g/mol. The van der Waals surface area contributed by atoms with Crippen LogP contribution in [-0.2, 0) is 4.79 Å². The van der Waals surface area contributed by atoms with Crippen molar-refractivity contribution >= 4 is 11.4 Å². The topological polar surface area (TPSA) is 26.3 Å². The van der Waals surface area contributed by atoms with E-state index in [0.717, 1.165) is 49.2 Å². The van der Waals surface area contributed by atoms with Crippen LogP contribution in [0.3, 0.4) is 0 Å². The van der Waals surface area contributed by atoms with Gasteiger partial charge in [-0.1, -0.05) is 44.4 Å². The van der Waals surface area contributed by atoms with Gasteiger partial charge in [-0.15, -0.1) is 6.58 Å². The minimum atomic E-state index is 0.127. The molecule has 0 saturated carbocycles. The zero-order chi connectivity index (χ0) is 16.5. The van der Waals surface area contributed by atoms with Crippen LogP contribution in [0.4, 0.5) is 0 Å². The smallest absolute Gasteiger partial charge is 0.159 e. The van der Waals surface area contributed by atoms with Gasteiger partial charge in [-0.05, 0) is 55.0 Å². The molecule has 2 nitrogen and oxygen atoms in total.